The molecule has 12 N–H and O–H groups in total. The summed E-state index contributed by atoms with van der Waals surface area (Å²) >= 11 is 0. The minimum Gasteiger partial charge on any atom is -0.480 e. The Labute approximate surface area is 336 Å². The van der Waals surface area contributed by atoms with E-state index in [9.17, 15) is 58.5 Å². The minimum atomic E-state index is -1.57. The number of hydrogen-bond acceptors (Lipinski definition) is 12. The SMILES string of the molecule is CCC(C)C(NC(=O)C(N)CO)C(=O)NC(C(=O)NCC(=O)NC(Cc1ccccc1)C(=O)NC(CO)C(=O)NCC(=O)NCC(=O)N1CCCC1C(=O)O)C(C)C. The summed E-state index contributed by atoms with van der Waals surface area (Å²) in [4.78, 5) is 116. The normalized spacial score (nSPS) is 16.7. The molecule has 0 spiro atoms. The third-order valence-electron chi connectivity index (χ3n) is 9.46. The number of nitrogens with two attached hydrogens (primary N) is 1. The molecule has 1 aromatic rings. The van der Waals surface area contributed by atoms with E-state index in [0.717, 1.165) is 4.90 Å². The standard InChI is InChI=1S/C37H57N9O12/c1-5-21(4)31(45-32(52)23(38)18-47)36(56)44-30(20(2)3)35(55)41-16-28(50)42-24(14-22-10-7-6-8-11-22)34(54)43-25(19-48)33(53)40-15-27(49)39-17-29(51)46-13-9-12-26(46)37(57)58/h6-8,10-11,20-21,23-26,30-31,47-48H,5,9,12-19,38H2,1-4H3,(H,39,49)(H,40,53)(H,41,55)(H,42,50)(H,43,54)(H,44,56)(H,45,52)(H,57,58). The average molecular weight is 820 g/mol. The second kappa shape index (κ2) is 24.2. The number of aliphatic hydroxyl groups is 2. The van der Waals surface area contributed by atoms with Crippen molar-refractivity contribution in [3.63, 3.8) is 0 Å². The van der Waals surface area contributed by atoms with Gasteiger partial charge < -0.3 is 63.2 Å². The number of nitrogens with zero attached hydrogens (tertiary/aromatic N) is 1. The number of carboxylic acids is 1. The highest BCUT2D eigenvalue weighted by Gasteiger charge is 2.35. The molecule has 0 aromatic heterocycles. The molecule has 1 saturated heterocycles. The Bertz CT molecular complexity index is 1610. The maximum Gasteiger partial charge on any atom is 0.326 e. The highest BCUT2D eigenvalue weighted by molar-refractivity contribution is 5.96. The van der Waals surface area contributed by atoms with E-state index in [2.05, 4.69) is 37.2 Å². The molecule has 2 rings (SSSR count). The molecular weight excluding hydrogens is 762 g/mol. The molecule has 1 aliphatic heterocycles. The van der Waals surface area contributed by atoms with Crippen LogP contribution in [0.1, 0.15) is 52.5 Å². The Balaban J connectivity index is 2.04. The Morgan fingerprint density at radius 1 is 0.724 bits per heavy atom. The number of aliphatic hydroxyl groups excluding tert-OH is 2. The van der Waals surface area contributed by atoms with Gasteiger partial charge in [-0.2, -0.15) is 0 Å². The van der Waals surface area contributed by atoms with Gasteiger partial charge in [0, 0.05) is 13.0 Å². The summed E-state index contributed by atoms with van der Waals surface area (Å²) < 4.78 is 0. The summed E-state index contributed by atoms with van der Waals surface area (Å²) in [5.41, 5.74) is 6.20. The lowest BCUT2D eigenvalue weighted by Gasteiger charge is -2.28. The fourth-order valence-electron chi connectivity index (χ4n) is 5.82. The number of likely N-dealkylation sites (tertiary alicyclic amines) is 1. The zero-order valence-electron chi connectivity index (χ0n) is 33.1. The van der Waals surface area contributed by atoms with Crippen molar-refractivity contribution in [1.82, 2.24) is 42.1 Å². The summed E-state index contributed by atoms with van der Waals surface area (Å²) in [6.45, 7) is 3.71. The lowest BCUT2D eigenvalue weighted by atomic mass is 9.96. The van der Waals surface area contributed by atoms with Crippen LogP contribution in [0.15, 0.2) is 30.3 Å². The van der Waals surface area contributed by atoms with Crippen LogP contribution in [0.3, 0.4) is 0 Å². The Kier molecular flexibility index (Phi) is 20.2. The third-order valence-corrected chi connectivity index (χ3v) is 9.46. The van der Waals surface area contributed by atoms with E-state index in [4.69, 9.17) is 5.73 Å². The molecule has 0 radical (unpaired) electrons. The highest BCUT2D eigenvalue weighted by atomic mass is 16.4. The monoisotopic (exact) mass is 819 g/mol. The van der Waals surface area contributed by atoms with Gasteiger partial charge in [0.2, 0.25) is 47.3 Å². The first-order chi connectivity index (χ1) is 27.4. The summed E-state index contributed by atoms with van der Waals surface area (Å²) in [7, 11) is 0. The van der Waals surface area contributed by atoms with Crippen molar-refractivity contribution in [2.45, 2.75) is 89.6 Å². The zero-order valence-corrected chi connectivity index (χ0v) is 33.1. The zero-order chi connectivity index (χ0) is 43.5. The van der Waals surface area contributed by atoms with Crippen LogP contribution in [-0.2, 0) is 49.6 Å². The molecule has 1 aliphatic rings. The number of carbonyl (C=O) groups excluding carboxylic acids is 8. The van der Waals surface area contributed by atoms with Crippen molar-refractivity contribution < 1.29 is 58.5 Å². The van der Waals surface area contributed by atoms with Crippen molar-refractivity contribution in [2.24, 2.45) is 17.6 Å². The largest absolute Gasteiger partial charge is 0.480 e. The van der Waals surface area contributed by atoms with Gasteiger partial charge in [-0.1, -0.05) is 64.4 Å². The molecule has 1 aromatic carbocycles. The van der Waals surface area contributed by atoms with Crippen LogP contribution in [0.5, 0.6) is 0 Å². The Morgan fingerprint density at radius 3 is 1.93 bits per heavy atom. The first-order valence-electron chi connectivity index (χ1n) is 19.0. The first-order valence-corrected chi connectivity index (χ1v) is 19.0. The van der Waals surface area contributed by atoms with Gasteiger partial charge in [-0.3, -0.25) is 38.4 Å². The summed E-state index contributed by atoms with van der Waals surface area (Å²) in [6, 6.07) is 1.11. The summed E-state index contributed by atoms with van der Waals surface area (Å²) in [5, 5.41) is 45.3. The molecule has 7 atom stereocenters. The number of aliphatic carboxylic acids is 1. The third kappa shape index (κ3) is 15.3. The number of hydrogen-bond donors (Lipinski definition) is 11. The van der Waals surface area contributed by atoms with Crippen molar-refractivity contribution in [3.05, 3.63) is 35.9 Å². The van der Waals surface area contributed by atoms with Gasteiger partial charge in [0.15, 0.2) is 0 Å². The Hall–Kier alpha value is -5.67. The molecule has 0 bridgehead atoms. The van der Waals surface area contributed by atoms with E-state index in [-0.39, 0.29) is 18.9 Å². The predicted octanol–water partition coefficient (Wildman–Crippen LogP) is -4.39. The van der Waals surface area contributed by atoms with Crippen LogP contribution in [0.2, 0.25) is 0 Å². The van der Waals surface area contributed by atoms with Gasteiger partial charge >= 0.3 is 5.97 Å². The van der Waals surface area contributed by atoms with Crippen LogP contribution in [-0.4, -0.2) is 149 Å². The van der Waals surface area contributed by atoms with Crippen LogP contribution in [0.4, 0.5) is 0 Å². The fourth-order valence-corrected chi connectivity index (χ4v) is 5.82. The molecule has 21 heteroatoms. The first kappa shape index (κ1) is 48.5. The smallest absolute Gasteiger partial charge is 0.326 e. The van der Waals surface area contributed by atoms with E-state index in [1.54, 1.807) is 58.0 Å². The molecule has 1 fully saturated rings. The number of amides is 8. The quantitative estimate of drug-likeness (QED) is 0.0498. The van der Waals surface area contributed by atoms with Crippen molar-refractivity contribution in [1.29, 1.82) is 0 Å². The van der Waals surface area contributed by atoms with E-state index in [1.807, 2.05) is 0 Å². The average Bonchev–Trinajstić information content (AvgIpc) is 3.71. The fraction of sp³-hybridized carbons (Fsp3) is 0.595. The highest BCUT2D eigenvalue weighted by Crippen LogP contribution is 2.17. The van der Waals surface area contributed by atoms with Crippen LogP contribution in [0.25, 0.3) is 0 Å². The number of nitrogens with one attached hydrogen (secondary N) is 7. The molecule has 58 heavy (non-hydrogen) atoms. The summed E-state index contributed by atoms with van der Waals surface area (Å²) in [5.74, 6) is -8.27. The molecule has 0 saturated carbocycles. The lowest BCUT2D eigenvalue weighted by molar-refractivity contribution is -0.148. The number of carboxylic acid groups (broad SMARTS) is 1. The van der Waals surface area contributed by atoms with Crippen LogP contribution >= 0.6 is 0 Å². The van der Waals surface area contributed by atoms with Gasteiger partial charge in [-0.05, 0) is 30.2 Å². The van der Waals surface area contributed by atoms with E-state index < -0.39 is 128 Å². The molecule has 322 valence electrons. The Morgan fingerprint density at radius 2 is 1.34 bits per heavy atom. The lowest BCUT2D eigenvalue weighted by Crippen LogP contribution is -2.59. The van der Waals surface area contributed by atoms with Gasteiger partial charge in [0.05, 0.1) is 32.8 Å². The molecule has 21 nitrogen and oxygen atoms in total. The van der Waals surface area contributed by atoms with E-state index >= 15 is 0 Å². The minimum absolute atomic E-state index is 0.0738. The van der Waals surface area contributed by atoms with Gasteiger partial charge in [0.1, 0.15) is 36.3 Å². The maximum atomic E-state index is 13.4. The van der Waals surface area contributed by atoms with Gasteiger partial charge in [-0.25, -0.2) is 4.79 Å². The second-order valence-corrected chi connectivity index (χ2v) is 14.2. The van der Waals surface area contributed by atoms with Crippen LogP contribution in [0, 0.1) is 11.8 Å². The van der Waals surface area contributed by atoms with E-state index in [1.165, 1.54) is 0 Å². The molecular formula is C37H57N9O12. The number of rotatable bonds is 23. The topological polar surface area (TPSA) is 328 Å². The molecule has 1 heterocycles. The van der Waals surface area contributed by atoms with Gasteiger partial charge in [0.25, 0.3) is 0 Å². The van der Waals surface area contributed by atoms with E-state index in [0.29, 0.717) is 24.8 Å². The molecule has 8 amide bonds. The second-order valence-electron chi connectivity index (χ2n) is 14.2. The van der Waals surface area contributed by atoms with Crippen LogP contribution < -0.4 is 43.0 Å². The number of carbonyl (C=O) groups is 9. The maximum absolute atomic E-state index is 13.4. The van der Waals surface area contributed by atoms with Crippen molar-refractivity contribution in [3.8, 4) is 0 Å². The predicted molar refractivity (Wildman–Crippen MR) is 206 cm³/mol. The van der Waals surface area contributed by atoms with Crippen molar-refractivity contribution >= 4 is 53.2 Å². The summed E-state index contributed by atoms with van der Waals surface area (Å²) in [6.07, 6.45) is 1.20. The molecule has 7 unspecified atom stereocenters. The van der Waals surface area contributed by atoms with Gasteiger partial charge in [-0.15, -0.1) is 0 Å². The molecule has 0 aliphatic carbocycles. The number of benzene rings is 1. The van der Waals surface area contributed by atoms with Crippen molar-refractivity contribution in [2.75, 3.05) is 39.4 Å².